The van der Waals surface area contributed by atoms with E-state index in [4.69, 9.17) is 0 Å². The molecule has 1 aromatic heterocycles. The average molecular weight is 412 g/mol. The number of amides is 1. The first-order chi connectivity index (χ1) is 14.2. The average Bonchev–Trinajstić information content (AvgIpc) is 2.71. The molecule has 0 aliphatic heterocycles. The smallest absolute Gasteiger partial charge is 0.426 e. The lowest BCUT2D eigenvalue weighted by Crippen LogP contribution is -2.50. The molecule has 7 nitrogen and oxygen atoms in total. The van der Waals surface area contributed by atoms with Crippen molar-refractivity contribution in [2.45, 2.75) is 45.7 Å². The first kappa shape index (κ1) is 23.7. The van der Waals surface area contributed by atoms with Crippen LogP contribution in [0.5, 0.6) is 0 Å². The molecule has 0 spiro atoms. The Bertz CT molecular complexity index is 842. The van der Waals surface area contributed by atoms with Crippen LogP contribution < -0.4 is 5.32 Å². The summed E-state index contributed by atoms with van der Waals surface area (Å²) in [6, 6.07) is 14.5. The molecule has 160 valence electrons. The zero-order valence-corrected chi connectivity index (χ0v) is 17.5. The molecule has 1 aromatic carbocycles. The lowest BCUT2D eigenvalue weighted by atomic mass is 9.74. The largest absolute Gasteiger partial charge is 0.475 e. The second kappa shape index (κ2) is 11.0. The fourth-order valence-electron chi connectivity index (χ4n) is 3.20. The Morgan fingerprint density at radius 1 is 1.03 bits per heavy atom. The van der Waals surface area contributed by atoms with Crippen LogP contribution in [0, 0.1) is 11.8 Å². The van der Waals surface area contributed by atoms with Crippen LogP contribution in [0.1, 0.15) is 44.1 Å². The second-order valence-electron chi connectivity index (χ2n) is 7.91. The Morgan fingerprint density at radius 3 is 2.27 bits per heavy atom. The van der Waals surface area contributed by atoms with Crippen LogP contribution >= 0.6 is 0 Å². The lowest BCUT2D eigenvalue weighted by Gasteiger charge is -2.24. The summed E-state index contributed by atoms with van der Waals surface area (Å²) in [7, 11) is -1.73. The van der Waals surface area contributed by atoms with Crippen LogP contribution in [0.4, 0.5) is 0 Å². The zero-order valence-electron chi connectivity index (χ0n) is 17.5. The van der Waals surface area contributed by atoms with Gasteiger partial charge in [-0.2, -0.15) is 0 Å². The molecule has 2 rings (SSSR count). The van der Waals surface area contributed by atoms with E-state index in [2.05, 4.69) is 10.3 Å². The number of aromatic nitrogens is 1. The molecular weight excluding hydrogens is 383 g/mol. The van der Waals surface area contributed by atoms with Gasteiger partial charge < -0.3 is 20.5 Å². The van der Waals surface area contributed by atoms with Crippen LogP contribution in [0.25, 0.3) is 11.3 Å². The lowest BCUT2D eigenvalue weighted by molar-refractivity contribution is -0.128. The molecule has 0 radical (unpaired) electrons. The number of carbonyl (C=O) groups is 2. The van der Waals surface area contributed by atoms with Crippen LogP contribution in [-0.2, 0) is 4.79 Å². The minimum atomic E-state index is -1.73. The van der Waals surface area contributed by atoms with E-state index in [1.54, 1.807) is 18.2 Å². The molecule has 0 saturated heterocycles. The summed E-state index contributed by atoms with van der Waals surface area (Å²) in [6.07, 6.45) is -0.989. The summed E-state index contributed by atoms with van der Waals surface area (Å²) < 4.78 is 0. The standard InChI is InChI=1S/C22H29BN2O5/c1-14(2)12-21(23(29)30)25-22(28)17(15(3)26)13-20(27)19-11-7-10-18(24-19)16-8-5-4-6-9-16/h4-11,14-15,17,21,26,29-30H,12-13H2,1-3H3,(H,25,28)/t15-,17+,21-/m0/s1. The number of aliphatic hydroxyl groups excluding tert-OH is 1. The summed E-state index contributed by atoms with van der Waals surface area (Å²) in [5.74, 6) is -2.77. The van der Waals surface area contributed by atoms with Gasteiger partial charge in [0, 0.05) is 12.0 Å². The Kier molecular flexibility index (Phi) is 8.71. The summed E-state index contributed by atoms with van der Waals surface area (Å²) >= 11 is 0. The fraction of sp³-hybridized carbons (Fsp3) is 0.409. The van der Waals surface area contributed by atoms with Gasteiger partial charge in [0.1, 0.15) is 5.69 Å². The molecule has 0 aliphatic rings. The number of ketones is 1. The number of nitrogens with zero attached hydrogens (tertiary/aromatic N) is 1. The van der Waals surface area contributed by atoms with E-state index >= 15 is 0 Å². The van der Waals surface area contributed by atoms with Crippen molar-refractivity contribution < 1.29 is 24.7 Å². The number of benzene rings is 1. The van der Waals surface area contributed by atoms with Crippen LogP contribution in [0.2, 0.25) is 0 Å². The maximum absolute atomic E-state index is 12.8. The third-order valence-corrected chi connectivity index (χ3v) is 4.84. The summed E-state index contributed by atoms with van der Waals surface area (Å²) in [5.41, 5.74) is 1.71. The molecule has 0 unspecified atom stereocenters. The zero-order chi connectivity index (χ0) is 22.3. The quantitative estimate of drug-likeness (QED) is 0.349. The van der Waals surface area contributed by atoms with E-state index < -0.39 is 31.0 Å². The Balaban J connectivity index is 2.14. The van der Waals surface area contributed by atoms with E-state index in [0.29, 0.717) is 12.1 Å². The minimum Gasteiger partial charge on any atom is -0.426 e. The molecule has 3 atom stereocenters. The third-order valence-electron chi connectivity index (χ3n) is 4.84. The maximum atomic E-state index is 12.8. The first-order valence-corrected chi connectivity index (χ1v) is 10.1. The number of rotatable bonds is 10. The van der Waals surface area contributed by atoms with Crippen molar-refractivity contribution in [2.24, 2.45) is 11.8 Å². The predicted octanol–water partition coefficient (Wildman–Crippen LogP) is 1.86. The maximum Gasteiger partial charge on any atom is 0.475 e. The van der Waals surface area contributed by atoms with E-state index in [1.165, 1.54) is 6.92 Å². The Labute approximate surface area is 177 Å². The highest BCUT2D eigenvalue weighted by atomic mass is 16.4. The van der Waals surface area contributed by atoms with E-state index in [9.17, 15) is 24.7 Å². The van der Waals surface area contributed by atoms with Gasteiger partial charge in [-0.25, -0.2) is 4.98 Å². The van der Waals surface area contributed by atoms with Crippen molar-refractivity contribution in [3.05, 3.63) is 54.2 Å². The fourth-order valence-corrected chi connectivity index (χ4v) is 3.20. The van der Waals surface area contributed by atoms with Crippen molar-refractivity contribution in [1.29, 1.82) is 0 Å². The summed E-state index contributed by atoms with van der Waals surface area (Å²) in [5, 5.41) is 31.7. The van der Waals surface area contributed by atoms with Crippen molar-refractivity contribution in [2.75, 3.05) is 0 Å². The number of Topliss-reactive ketones (excluding diaryl/α,β-unsaturated/α-hetero) is 1. The Hall–Kier alpha value is -2.55. The third kappa shape index (κ3) is 6.76. The normalized spacial score (nSPS) is 14.1. The SMILES string of the molecule is CC(C)C[C@H](NC(=O)[C@H](CC(=O)c1cccc(-c2ccccc2)n1)[C@H](C)O)B(O)O. The van der Waals surface area contributed by atoms with E-state index in [0.717, 1.165) is 5.56 Å². The number of hydrogen-bond acceptors (Lipinski definition) is 6. The van der Waals surface area contributed by atoms with Gasteiger partial charge >= 0.3 is 7.12 Å². The van der Waals surface area contributed by atoms with E-state index in [-0.39, 0.29) is 23.8 Å². The van der Waals surface area contributed by atoms with Gasteiger partial charge in [0.15, 0.2) is 5.78 Å². The van der Waals surface area contributed by atoms with Gasteiger partial charge in [-0.1, -0.05) is 50.2 Å². The number of aliphatic hydroxyl groups is 1. The van der Waals surface area contributed by atoms with Crippen molar-refractivity contribution in [1.82, 2.24) is 10.3 Å². The van der Waals surface area contributed by atoms with E-state index in [1.807, 2.05) is 44.2 Å². The molecule has 0 aliphatic carbocycles. The van der Waals surface area contributed by atoms with Crippen LogP contribution in [0.15, 0.2) is 48.5 Å². The molecule has 8 heteroatoms. The van der Waals surface area contributed by atoms with Crippen molar-refractivity contribution in [3.8, 4) is 11.3 Å². The number of hydrogen-bond donors (Lipinski definition) is 4. The number of nitrogens with one attached hydrogen (secondary N) is 1. The van der Waals surface area contributed by atoms with Crippen LogP contribution in [-0.4, -0.2) is 51.0 Å². The Morgan fingerprint density at radius 2 is 1.70 bits per heavy atom. The molecule has 0 saturated carbocycles. The molecule has 2 aromatic rings. The molecule has 0 bridgehead atoms. The van der Waals surface area contributed by atoms with Crippen molar-refractivity contribution >= 4 is 18.8 Å². The second-order valence-corrected chi connectivity index (χ2v) is 7.91. The highest BCUT2D eigenvalue weighted by molar-refractivity contribution is 6.43. The highest BCUT2D eigenvalue weighted by Crippen LogP contribution is 2.19. The molecular formula is C22H29BN2O5. The minimum absolute atomic E-state index is 0.119. The molecule has 4 N–H and O–H groups in total. The monoisotopic (exact) mass is 412 g/mol. The summed E-state index contributed by atoms with van der Waals surface area (Å²) in [6.45, 7) is 5.21. The first-order valence-electron chi connectivity index (χ1n) is 10.1. The van der Waals surface area contributed by atoms with Crippen LogP contribution in [0.3, 0.4) is 0 Å². The van der Waals surface area contributed by atoms with Gasteiger partial charge in [-0.15, -0.1) is 0 Å². The predicted molar refractivity (Wildman–Crippen MR) is 115 cm³/mol. The van der Waals surface area contributed by atoms with Gasteiger partial charge in [0.05, 0.1) is 23.7 Å². The van der Waals surface area contributed by atoms with Gasteiger partial charge in [-0.05, 0) is 31.4 Å². The van der Waals surface area contributed by atoms with Gasteiger partial charge in [0.25, 0.3) is 0 Å². The summed E-state index contributed by atoms with van der Waals surface area (Å²) in [4.78, 5) is 29.9. The molecule has 30 heavy (non-hydrogen) atoms. The number of carbonyl (C=O) groups excluding carboxylic acids is 2. The van der Waals surface area contributed by atoms with Gasteiger partial charge in [-0.3, -0.25) is 9.59 Å². The molecule has 1 amide bonds. The number of pyridine rings is 1. The molecule has 0 fully saturated rings. The van der Waals surface area contributed by atoms with Gasteiger partial charge in [0.2, 0.25) is 5.91 Å². The van der Waals surface area contributed by atoms with Crippen molar-refractivity contribution in [3.63, 3.8) is 0 Å². The highest BCUT2D eigenvalue weighted by Gasteiger charge is 2.32. The topological polar surface area (TPSA) is 120 Å². The molecule has 1 heterocycles.